The number of hydrogen-bond donors (Lipinski definition) is 1. The first-order valence-electron chi connectivity index (χ1n) is 13.5. The third-order valence-corrected chi connectivity index (χ3v) is 8.21. The second-order valence-corrected chi connectivity index (χ2v) is 11.5. The summed E-state index contributed by atoms with van der Waals surface area (Å²) >= 11 is 5.74. The lowest BCUT2D eigenvalue weighted by atomic mass is 10.2. The summed E-state index contributed by atoms with van der Waals surface area (Å²) in [7, 11) is -1.92. The highest BCUT2D eigenvalue weighted by Crippen LogP contribution is 2.21. The molecule has 214 valence electrons. The molecule has 9 heteroatoms. The fourth-order valence-electron chi connectivity index (χ4n) is 3.86. The molecule has 0 radical (unpaired) electrons. The summed E-state index contributed by atoms with van der Waals surface area (Å²) in [5.74, 6) is 0. The SMILES string of the molecule is CC1=CCC=CC=C1.CCCN(CC)CCCNC(=O)OC.O=S(=O)(c1ccc(Cl)cc1)N1CCCCC1. The Hall–Kier alpha value is -2.13. The standard InChI is InChI=1S/C11H14ClNO2S.C10H22N2O2.C8H10/c12-10-4-6-11(7-5-10)16(14,15)13-8-2-1-3-9-13;1-4-8-12(5-2)9-6-7-11-10(13)14-3;1-8-6-4-2-3-5-7-8/h4-7H,1-3,8-9H2;4-9H2,1-3H3,(H,11,13);2-4,6-7H,5H2,1H3. The van der Waals surface area contributed by atoms with E-state index in [0.29, 0.717) is 29.6 Å². The molecule has 0 atom stereocenters. The number of hydrogen-bond acceptors (Lipinski definition) is 5. The Morgan fingerprint density at radius 3 is 2.37 bits per heavy atom. The van der Waals surface area contributed by atoms with Crippen LogP contribution in [0.2, 0.25) is 5.02 Å². The van der Waals surface area contributed by atoms with Gasteiger partial charge in [0.15, 0.2) is 0 Å². The molecule has 1 saturated heterocycles. The molecule has 1 fully saturated rings. The molecule has 1 aliphatic heterocycles. The lowest BCUT2D eigenvalue weighted by Crippen LogP contribution is -2.35. The van der Waals surface area contributed by atoms with Crippen molar-refractivity contribution < 1.29 is 17.9 Å². The number of sulfonamides is 1. The Labute approximate surface area is 235 Å². The van der Waals surface area contributed by atoms with Crippen LogP contribution in [0.1, 0.15) is 59.3 Å². The summed E-state index contributed by atoms with van der Waals surface area (Å²) in [6, 6.07) is 6.34. The minimum absolute atomic E-state index is 0.332. The maximum Gasteiger partial charge on any atom is 0.406 e. The van der Waals surface area contributed by atoms with E-state index in [1.165, 1.54) is 19.1 Å². The highest BCUT2D eigenvalue weighted by molar-refractivity contribution is 7.89. The molecule has 3 rings (SSSR count). The van der Waals surface area contributed by atoms with E-state index in [1.54, 1.807) is 28.6 Å². The van der Waals surface area contributed by atoms with E-state index in [1.807, 2.05) is 0 Å². The van der Waals surface area contributed by atoms with Gasteiger partial charge in [0.05, 0.1) is 12.0 Å². The van der Waals surface area contributed by atoms with Gasteiger partial charge >= 0.3 is 6.09 Å². The summed E-state index contributed by atoms with van der Waals surface area (Å²) in [6.07, 6.45) is 16.5. The zero-order valence-corrected chi connectivity index (χ0v) is 25.1. The minimum atomic E-state index is -3.30. The van der Waals surface area contributed by atoms with Gasteiger partial charge in [-0.25, -0.2) is 13.2 Å². The van der Waals surface area contributed by atoms with Gasteiger partial charge in [0.2, 0.25) is 10.0 Å². The van der Waals surface area contributed by atoms with Crippen LogP contribution in [-0.2, 0) is 14.8 Å². The van der Waals surface area contributed by atoms with Gasteiger partial charge in [0, 0.05) is 24.7 Å². The van der Waals surface area contributed by atoms with Gasteiger partial charge in [-0.15, -0.1) is 0 Å². The maximum atomic E-state index is 12.2. The molecule has 1 N–H and O–H groups in total. The fourth-order valence-corrected chi connectivity index (χ4v) is 5.50. The predicted molar refractivity (Wildman–Crippen MR) is 158 cm³/mol. The Balaban J connectivity index is 0.000000300. The average Bonchev–Trinajstić information content (AvgIpc) is 3.19. The Kier molecular flexibility index (Phi) is 17.7. The molecule has 0 aromatic heterocycles. The molecule has 38 heavy (non-hydrogen) atoms. The lowest BCUT2D eigenvalue weighted by molar-refractivity contribution is 0.170. The van der Waals surface area contributed by atoms with E-state index < -0.39 is 10.0 Å². The number of ether oxygens (including phenoxy) is 1. The topological polar surface area (TPSA) is 79.0 Å². The number of carbonyl (C=O) groups excluding carboxylic acids is 1. The summed E-state index contributed by atoms with van der Waals surface area (Å²) in [5.41, 5.74) is 1.36. The van der Waals surface area contributed by atoms with Gasteiger partial charge < -0.3 is 15.0 Å². The van der Waals surface area contributed by atoms with Gasteiger partial charge in [-0.1, -0.05) is 67.8 Å². The average molecular weight is 568 g/mol. The number of halogens is 1. The summed E-state index contributed by atoms with van der Waals surface area (Å²) < 4.78 is 30.4. The zero-order valence-electron chi connectivity index (χ0n) is 23.5. The molecule has 2 aliphatic rings. The first-order valence-corrected chi connectivity index (χ1v) is 15.4. The van der Waals surface area contributed by atoms with Crippen LogP contribution in [0.4, 0.5) is 4.79 Å². The van der Waals surface area contributed by atoms with Crippen molar-refractivity contribution in [3.05, 3.63) is 65.2 Å². The second kappa shape index (κ2) is 19.9. The van der Waals surface area contributed by atoms with Crippen LogP contribution >= 0.6 is 11.6 Å². The number of methoxy groups -OCH3 is 1. The van der Waals surface area contributed by atoms with E-state index in [9.17, 15) is 13.2 Å². The van der Waals surface area contributed by atoms with Crippen LogP contribution in [0.15, 0.2) is 65.1 Å². The van der Waals surface area contributed by atoms with E-state index in [4.69, 9.17) is 11.6 Å². The monoisotopic (exact) mass is 567 g/mol. The van der Waals surface area contributed by atoms with Crippen molar-refractivity contribution in [2.75, 3.05) is 46.4 Å². The smallest absolute Gasteiger partial charge is 0.406 e. The van der Waals surface area contributed by atoms with E-state index in [-0.39, 0.29) is 6.09 Å². The maximum absolute atomic E-state index is 12.2. The molecular weight excluding hydrogens is 522 g/mol. The summed E-state index contributed by atoms with van der Waals surface area (Å²) in [6.45, 7) is 11.6. The van der Waals surface area contributed by atoms with Crippen molar-refractivity contribution in [1.29, 1.82) is 0 Å². The zero-order chi connectivity index (χ0) is 28.2. The molecule has 0 saturated carbocycles. The number of rotatable bonds is 9. The Morgan fingerprint density at radius 1 is 1.08 bits per heavy atom. The van der Waals surface area contributed by atoms with Crippen LogP contribution in [-0.4, -0.2) is 70.1 Å². The number of benzene rings is 1. The number of nitrogens with zero attached hydrogens (tertiary/aromatic N) is 2. The number of allylic oxidation sites excluding steroid dienone is 6. The molecule has 0 bridgehead atoms. The van der Waals surface area contributed by atoms with Crippen LogP contribution in [0, 0.1) is 0 Å². The normalized spacial score (nSPS) is 15.4. The molecule has 1 aromatic rings. The van der Waals surface area contributed by atoms with Gasteiger partial charge in [-0.05, 0) is 82.9 Å². The van der Waals surface area contributed by atoms with Crippen molar-refractivity contribution in [2.45, 2.75) is 64.2 Å². The highest BCUT2D eigenvalue weighted by Gasteiger charge is 2.25. The molecular formula is C29H46ClN3O4S. The Bertz CT molecular complexity index is 983. The second-order valence-electron chi connectivity index (χ2n) is 9.10. The number of amides is 1. The Morgan fingerprint density at radius 2 is 1.76 bits per heavy atom. The van der Waals surface area contributed by atoms with Crippen molar-refractivity contribution in [3.8, 4) is 0 Å². The van der Waals surface area contributed by atoms with Crippen molar-refractivity contribution in [1.82, 2.24) is 14.5 Å². The molecule has 1 aliphatic carbocycles. The third kappa shape index (κ3) is 14.1. The molecule has 1 aromatic carbocycles. The number of carbonyl (C=O) groups is 1. The van der Waals surface area contributed by atoms with E-state index in [2.05, 4.69) is 66.1 Å². The first kappa shape index (κ1) is 33.9. The molecule has 7 nitrogen and oxygen atoms in total. The number of piperidine rings is 1. The quantitative estimate of drug-likeness (QED) is 0.348. The van der Waals surface area contributed by atoms with Crippen molar-refractivity contribution >= 4 is 27.7 Å². The fraction of sp³-hybridized carbons (Fsp3) is 0.552. The van der Waals surface area contributed by atoms with Crippen molar-refractivity contribution in [3.63, 3.8) is 0 Å². The van der Waals surface area contributed by atoms with Crippen LogP contribution in [0.25, 0.3) is 0 Å². The summed E-state index contributed by atoms with van der Waals surface area (Å²) in [4.78, 5) is 13.4. The largest absolute Gasteiger partial charge is 0.453 e. The molecule has 1 amide bonds. The van der Waals surface area contributed by atoms with Crippen molar-refractivity contribution in [2.24, 2.45) is 0 Å². The first-order chi connectivity index (χ1) is 18.2. The molecule has 0 unspecified atom stereocenters. The highest BCUT2D eigenvalue weighted by atomic mass is 35.5. The number of alkyl carbamates (subject to hydrolysis) is 1. The lowest BCUT2D eigenvalue weighted by Gasteiger charge is -2.25. The minimum Gasteiger partial charge on any atom is -0.453 e. The summed E-state index contributed by atoms with van der Waals surface area (Å²) in [5, 5.41) is 3.22. The van der Waals surface area contributed by atoms with E-state index in [0.717, 1.165) is 51.7 Å². The third-order valence-electron chi connectivity index (χ3n) is 6.04. The van der Waals surface area contributed by atoms with Gasteiger partial charge in [0.25, 0.3) is 0 Å². The van der Waals surface area contributed by atoms with Crippen LogP contribution < -0.4 is 5.32 Å². The van der Waals surface area contributed by atoms with E-state index >= 15 is 0 Å². The van der Waals surface area contributed by atoms with Crippen LogP contribution in [0.3, 0.4) is 0 Å². The van der Waals surface area contributed by atoms with Crippen LogP contribution in [0.5, 0.6) is 0 Å². The van der Waals surface area contributed by atoms with Gasteiger partial charge in [0.1, 0.15) is 0 Å². The predicted octanol–water partition coefficient (Wildman–Crippen LogP) is 6.43. The molecule has 0 spiro atoms. The molecule has 1 heterocycles. The number of nitrogens with one attached hydrogen (secondary N) is 1. The van der Waals surface area contributed by atoms with Gasteiger partial charge in [-0.3, -0.25) is 0 Å². The van der Waals surface area contributed by atoms with Gasteiger partial charge in [-0.2, -0.15) is 4.31 Å².